The summed E-state index contributed by atoms with van der Waals surface area (Å²) in [5.41, 5.74) is 6.21. The maximum Gasteiger partial charge on any atom is 0.320 e. The van der Waals surface area contributed by atoms with Gasteiger partial charge in [-0.2, -0.15) is 0 Å². The van der Waals surface area contributed by atoms with Gasteiger partial charge in [-0.15, -0.1) is 0 Å². The second-order valence-corrected chi connectivity index (χ2v) is 4.51. The summed E-state index contributed by atoms with van der Waals surface area (Å²) in [4.78, 5) is 11.1. The average molecular weight is 266 g/mol. The first-order valence-electron chi connectivity index (χ1n) is 6.58. The zero-order chi connectivity index (χ0) is 14.1. The van der Waals surface area contributed by atoms with Gasteiger partial charge in [-0.25, -0.2) is 0 Å². The van der Waals surface area contributed by atoms with E-state index in [-0.39, 0.29) is 5.75 Å². The van der Waals surface area contributed by atoms with Crippen LogP contribution in [0.15, 0.2) is 24.3 Å². The molecule has 0 bridgehead atoms. The maximum absolute atomic E-state index is 11.1. The smallest absolute Gasteiger partial charge is 0.320 e. The minimum atomic E-state index is -0.839. The summed E-state index contributed by atoms with van der Waals surface area (Å²) in [5, 5.41) is 21.7. The zero-order valence-corrected chi connectivity index (χ0v) is 11.0. The van der Waals surface area contributed by atoms with Crippen LogP contribution in [0, 0.1) is 0 Å². The number of unbranched alkanes of at least 4 members (excludes halogenated alkanes) is 1. The molecule has 1 aromatic rings. The molecule has 0 aromatic heterocycles. The molecule has 19 heavy (non-hydrogen) atoms. The number of aliphatic carboxylic acids is 1. The van der Waals surface area contributed by atoms with Gasteiger partial charge in [0.05, 0.1) is 0 Å². The molecule has 0 spiro atoms. The Morgan fingerprint density at radius 2 is 2.05 bits per heavy atom. The van der Waals surface area contributed by atoms with E-state index in [1.807, 2.05) is 12.1 Å². The van der Waals surface area contributed by atoms with Gasteiger partial charge in [-0.1, -0.05) is 24.6 Å². The number of carboxylic acids is 1. The van der Waals surface area contributed by atoms with Crippen LogP contribution in [-0.4, -0.2) is 35.3 Å². The fourth-order valence-corrected chi connectivity index (χ4v) is 1.91. The predicted octanol–water partition coefficient (Wildman–Crippen LogP) is 1.11. The Labute approximate surface area is 113 Å². The van der Waals surface area contributed by atoms with E-state index in [0.717, 1.165) is 18.4 Å². The van der Waals surface area contributed by atoms with Crippen LogP contribution in [0.3, 0.4) is 0 Å². The summed E-state index contributed by atoms with van der Waals surface area (Å²) >= 11 is 0. The van der Waals surface area contributed by atoms with Gasteiger partial charge in [-0.3, -0.25) is 4.79 Å². The highest BCUT2D eigenvalue weighted by Gasteiger charge is 2.15. The van der Waals surface area contributed by atoms with E-state index in [2.05, 4.69) is 5.32 Å². The molecule has 5 nitrogen and oxygen atoms in total. The molecule has 0 unspecified atom stereocenters. The monoisotopic (exact) mass is 266 g/mol. The van der Waals surface area contributed by atoms with Crippen molar-refractivity contribution in [3.05, 3.63) is 29.8 Å². The number of rotatable bonds is 9. The number of nitrogens with two attached hydrogens (primary N) is 1. The van der Waals surface area contributed by atoms with E-state index in [4.69, 9.17) is 10.8 Å². The Bertz CT molecular complexity index is 396. The molecule has 0 radical (unpaired) electrons. The molecule has 0 aliphatic heterocycles. The molecule has 0 amide bonds. The molecular weight excluding hydrogens is 244 g/mol. The summed E-state index contributed by atoms with van der Waals surface area (Å²) in [5.74, 6) is -0.589. The third-order valence-electron chi connectivity index (χ3n) is 3.02. The topological polar surface area (TPSA) is 95.6 Å². The standard InChI is InChI=1S/C14H22N2O3/c15-9-4-3-6-12(14(18)19)16-10-8-11-5-1-2-7-13(11)17/h1-2,5,7,12,16-17H,3-4,6,8-10,15H2,(H,18,19)/t12-/m0/s1. The van der Waals surface area contributed by atoms with Crippen LogP contribution in [-0.2, 0) is 11.2 Å². The maximum atomic E-state index is 11.1. The van der Waals surface area contributed by atoms with E-state index in [9.17, 15) is 9.90 Å². The summed E-state index contributed by atoms with van der Waals surface area (Å²) in [6.07, 6.45) is 2.82. The number of carboxylic acid groups (broad SMARTS) is 1. The van der Waals surface area contributed by atoms with E-state index in [0.29, 0.717) is 25.9 Å². The highest BCUT2D eigenvalue weighted by Crippen LogP contribution is 2.15. The first-order valence-corrected chi connectivity index (χ1v) is 6.58. The van der Waals surface area contributed by atoms with Gasteiger partial charge < -0.3 is 21.3 Å². The van der Waals surface area contributed by atoms with Crippen LogP contribution in [0.25, 0.3) is 0 Å². The molecule has 0 aliphatic rings. The van der Waals surface area contributed by atoms with E-state index >= 15 is 0 Å². The van der Waals surface area contributed by atoms with Crippen LogP contribution in [0.2, 0.25) is 0 Å². The molecule has 1 rings (SSSR count). The lowest BCUT2D eigenvalue weighted by Crippen LogP contribution is -2.37. The van der Waals surface area contributed by atoms with Crippen molar-refractivity contribution in [2.75, 3.05) is 13.1 Å². The van der Waals surface area contributed by atoms with Crippen LogP contribution in [0.5, 0.6) is 5.75 Å². The van der Waals surface area contributed by atoms with Crippen molar-refractivity contribution in [3.63, 3.8) is 0 Å². The summed E-state index contributed by atoms with van der Waals surface area (Å²) < 4.78 is 0. The van der Waals surface area contributed by atoms with E-state index < -0.39 is 12.0 Å². The van der Waals surface area contributed by atoms with Gasteiger partial charge in [0.1, 0.15) is 11.8 Å². The van der Waals surface area contributed by atoms with E-state index in [1.165, 1.54) is 0 Å². The third-order valence-corrected chi connectivity index (χ3v) is 3.02. The lowest BCUT2D eigenvalue weighted by molar-refractivity contribution is -0.139. The lowest BCUT2D eigenvalue weighted by Gasteiger charge is -2.14. The zero-order valence-electron chi connectivity index (χ0n) is 11.0. The molecule has 0 saturated heterocycles. The van der Waals surface area contributed by atoms with Gasteiger partial charge in [0.25, 0.3) is 0 Å². The van der Waals surface area contributed by atoms with Crippen molar-refractivity contribution in [1.82, 2.24) is 5.32 Å². The van der Waals surface area contributed by atoms with Gasteiger partial charge in [-0.05, 0) is 37.4 Å². The van der Waals surface area contributed by atoms with Crippen LogP contribution in [0.4, 0.5) is 0 Å². The largest absolute Gasteiger partial charge is 0.508 e. The Morgan fingerprint density at radius 1 is 1.32 bits per heavy atom. The van der Waals surface area contributed by atoms with Crippen LogP contribution in [0.1, 0.15) is 24.8 Å². The van der Waals surface area contributed by atoms with Crippen LogP contribution < -0.4 is 11.1 Å². The number of phenols is 1. The Kier molecular flexibility index (Phi) is 6.92. The number of hydrogen-bond acceptors (Lipinski definition) is 4. The summed E-state index contributed by atoms with van der Waals surface area (Å²) in [6.45, 7) is 1.11. The highest BCUT2D eigenvalue weighted by atomic mass is 16.4. The number of para-hydroxylation sites is 1. The van der Waals surface area contributed by atoms with Gasteiger partial charge in [0.15, 0.2) is 0 Å². The lowest BCUT2D eigenvalue weighted by atomic mass is 10.1. The number of benzene rings is 1. The Balaban J connectivity index is 2.36. The van der Waals surface area contributed by atoms with Crippen molar-refractivity contribution in [1.29, 1.82) is 0 Å². The fraction of sp³-hybridized carbons (Fsp3) is 0.500. The summed E-state index contributed by atoms with van der Waals surface area (Å²) in [7, 11) is 0. The second-order valence-electron chi connectivity index (χ2n) is 4.51. The molecule has 0 fully saturated rings. The number of carbonyl (C=O) groups is 1. The van der Waals surface area contributed by atoms with Gasteiger partial charge in [0, 0.05) is 6.54 Å². The first kappa shape index (κ1) is 15.5. The molecule has 0 heterocycles. The number of hydrogen-bond donors (Lipinski definition) is 4. The second kappa shape index (κ2) is 8.50. The molecule has 106 valence electrons. The Morgan fingerprint density at radius 3 is 2.68 bits per heavy atom. The number of phenolic OH excluding ortho intramolecular Hbond substituents is 1. The molecule has 0 aliphatic carbocycles. The minimum Gasteiger partial charge on any atom is -0.508 e. The van der Waals surface area contributed by atoms with Gasteiger partial charge >= 0.3 is 5.97 Å². The quantitative estimate of drug-likeness (QED) is 0.502. The average Bonchev–Trinajstić information content (AvgIpc) is 2.39. The van der Waals surface area contributed by atoms with E-state index in [1.54, 1.807) is 12.1 Å². The normalized spacial score (nSPS) is 12.3. The van der Waals surface area contributed by atoms with Crippen molar-refractivity contribution < 1.29 is 15.0 Å². The SMILES string of the molecule is NCCCC[C@H](NCCc1ccccc1O)C(=O)O. The van der Waals surface area contributed by atoms with Gasteiger partial charge in [0.2, 0.25) is 0 Å². The molecule has 5 heteroatoms. The first-order chi connectivity index (χ1) is 9.15. The number of nitrogens with one attached hydrogen (secondary N) is 1. The fourth-order valence-electron chi connectivity index (χ4n) is 1.91. The molecular formula is C14H22N2O3. The van der Waals surface area contributed by atoms with Crippen molar-refractivity contribution in [2.24, 2.45) is 5.73 Å². The highest BCUT2D eigenvalue weighted by molar-refractivity contribution is 5.73. The number of aromatic hydroxyl groups is 1. The van der Waals surface area contributed by atoms with Crippen molar-refractivity contribution >= 4 is 5.97 Å². The van der Waals surface area contributed by atoms with Crippen LogP contribution >= 0.6 is 0 Å². The molecule has 0 saturated carbocycles. The minimum absolute atomic E-state index is 0.249. The summed E-state index contributed by atoms with van der Waals surface area (Å²) in [6, 6.07) is 6.54. The van der Waals surface area contributed by atoms with Crippen molar-refractivity contribution in [3.8, 4) is 5.75 Å². The Hall–Kier alpha value is -1.59. The molecule has 1 aromatic carbocycles. The van der Waals surface area contributed by atoms with Crippen molar-refractivity contribution in [2.45, 2.75) is 31.7 Å². The third kappa shape index (κ3) is 5.72. The predicted molar refractivity (Wildman–Crippen MR) is 74.1 cm³/mol. The molecule has 1 atom stereocenters. The molecule has 5 N–H and O–H groups in total.